The number of fused-ring (bicyclic) bond motifs is 1. The van der Waals surface area contributed by atoms with Gasteiger partial charge in [-0.05, 0) is 17.7 Å². The van der Waals surface area contributed by atoms with E-state index in [1.54, 1.807) is 48.5 Å². The molecule has 4 heterocycles. The summed E-state index contributed by atoms with van der Waals surface area (Å²) in [5.74, 6) is -2.56. The first-order valence-electron chi connectivity index (χ1n) is 14.8. The summed E-state index contributed by atoms with van der Waals surface area (Å²) in [6.45, 7) is -0.801. The zero-order chi connectivity index (χ0) is 34.3. The third-order valence-electron chi connectivity index (χ3n) is 9.03. The number of piperazine rings is 1. The van der Waals surface area contributed by atoms with Gasteiger partial charge in [0.1, 0.15) is 24.9 Å². The Balaban J connectivity index is 1.59. The maximum atomic E-state index is 14.4. The summed E-state index contributed by atoms with van der Waals surface area (Å²) >= 11 is 0. The maximum Gasteiger partial charge on any atom is 0.491 e. The number of esters is 1. The average Bonchev–Trinajstić information content (AvgIpc) is 3.77. The summed E-state index contributed by atoms with van der Waals surface area (Å²) in [5.41, 5.74) is 1.17. The van der Waals surface area contributed by atoms with Crippen molar-refractivity contribution in [2.45, 2.75) is 29.4 Å². The lowest BCUT2D eigenvalue weighted by molar-refractivity contribution is -0.217. The van der Waals surface area contributed by atoms with Gasteiger partial charge in [-0.15, -0.1) is 0 Å². The van der Waals surface area contributed by atoms with Crippen LogP contribution < -0.4 is 14.0 Å². The Hall–Kier alpha value is -4.74. The monoisotopic (exact) mass is 690 g/mol. The summed E-state index contributed by atoms with van der Waals surface area (Å²) in [6, 6.07) is 14.2. The van der Waals surface area contributed by atoms with Gasteiger partial charge in [0.25, 0.3) is 16.3 Å². The van der Waals surface area contributed by atoms with Crippen molar-refractivity contribution >= 4 is 39.1 Å². The largest absolute Gasteiger partial charge is 0.497 e. The van der Waals surface area contributed by atoms with Gasteiger partial charge in [0, 0.05) is 24.9 Å². The molecule has 0 radical (unpaired) electrons. The second kappa shape index (κ2) is 12.7. The predicted molar refractivity (Wildman–Crippen MR) is 163 cm³/mol. The quantitative estimate of drug-likeness (QED) is 0.146. The molecule has 1 amide bonds. The number of hydrogen-bond donors (Lipinski definition) is 0. The Bertz CT molecular complexity index is 1930. The molecule has 0 N–H and O–H groups in total. The second-order valence-corrected chi connectivity index (χ2v) is 13.3. The molecule has 2 aromatic heterocycles. The van der Waals surface area contributed by atoms with Crippen LogP contribution in [0.25, 0.3) is 11.0 Å². The molecule has 1 unspecified atom stereocenters. The minimum atomic E-state index is -5.36. The fourth-order valence-corrected chi connectivity index (χ4v) is 8.37. The molecule has 4 aromatic rings. The summed E-state index contributed by atoms with van der Waals surface area (Å²) in [6.07, 6.45) is -4.00. The van der Waals surface area contributed by atoms with Gasteiger partial charge in [0.2, 0.25) is 6.41 Å². The molecule has 0 aliphatic carbocycles. The van der Waals surface area contributed by atoms with Gasteiger partial charge in [-0.2, -0.15) is 17.5 Å². The van der Waals surface area contributed by atoms with Crippen molar-refractivity contribution in [2.75, 3.05) is 46.9 Å². The Morgan fingerprint density at radius 2 is 1.83 bits per heavy atom. The van der Waals surface area contributed by atoms with Crippen molar-refractivity contribution in [3.05, 3.63) is 72.6 Å². The van der Waals surface area contributed by atoms with Gasteiger partial charge in [0.05, 0.1) is 44.8 Å². The molecule has 48 heavy (non-hydrogen) atoms. The molecule has 17 heteroatoms. The first-order chi connectivity index (χ1) is 22.9. The van der Waals surface area contributed by atoms with E-state index >= 15 is 0 Å². The molecule has 0 saturated carbocycles. The van der Waals surface area contributed by atoms with Crippen molar-refractivity contribution in [1.82, 2.24) is 23.8 Å². The molecule has 0 spiro atoms. The van der Waals surface area contributed by atoms with E-state index in [4.69, 9.17) is 18.7 Å². The number of alkyl halides is 3. The van der Waals surface area contributed by atoms with Crippen molar-refractivity contribution in [3.63, 3.8) is 0 Å². The summed E-state index contributed by atoms with van der Waals surface area (Å²) in [5, 5.41) is 3.57. The van der Waals surface area contributed by atoms with Crippen LogP contribution in [-0.2, 0) is 24.3 Å². The Kier molecular flexibility index (Phi) is 8.78. The van der Waals surface area contributed by atoms with Crippen LogP contribution in [0, 0.1) is 0 Å². The lowest BCUT2D eigenvalue weighted by Gasteiger charge is -2.52. The van der Waals surface area contributed by atoms with Crippen LogP contribution in [-0.4, -0.2) is 106 Å². The van der Waals surface area contributed by atoms with Crippen molar-refractivity contribution in [2.24, 2.45) is 0 Å². The SMILES string of the molecule is COc1ccc(OC)c([N@+]2([C@H]3CN(S(=O)(=O)c4nccc5oncc45)C[C@@H]3c3ccccc3)CCN(C=O)CC2OC(=O)C(F)(F)F)c1. The molecule has 2 fully saturated rings. The highest BCUT2D eigenvalue weighted by atomic mass is 32.2. The first kappa shape index (κ1) is 33.2. The number of carbonyl (C=O) groups excluding carboxylic acids is 2. The third-order valence-corrected chi connectivity index (χ3v) is 10.8. The fourth-order valence-electron chi connectivity index (χ4n) is 6.79. The highest BCUT2D eigenvalue weighted by Gasteiger charge is 2.60. The Morgan fingerprint density at radius 3 is 2.52 bits per heavy atom. The van der Waals surface area contributed by atoms with E-state index < -0.39 is 51.4 Å². The van der Waals surface area contributed by atoms with E-state index in [1.165, 1.54) is 41.9 Å². The Labute approximate surface area is 273 Å². The maximum absolute atomic E-state index is 14.4. The molecule has 13 nitrogen and oxygen atoms in total. The van der Waals surface area contributed by atoms with Gasteiger partial charge in [-0.1, -0.05) is 35.5 Å². The lowest BCUT2D eigenvalue weighted by atomic mass is 9.89. The number of carbonyl (C=O) groups is 2. The van der Waals surface area contributed by atoms with E-state index in [2.05, 4.69) is 10.1 Å². The zero-order valence-electron chi connectivity index (χ0n) is 25.7. The van der Waals surface area contributed by atoms with Gasteiger partial charge in [-0.25, -0.2) is 22.7 Å². The molecule has 2 aliphatic rings. The normalized spacial score (nSPS) is 23.6. The number of amides is 1. The van der Waals surface area contributed by atoms with Crippen molar-refractivity contribution in [1.29, 1.82) is 0 Å². The van der Waals surface area contributed by atoms with Gasteiger partial charge >= 0.3 is 12.1 Å². The molecular weight excluding hydrogens is 659 g/mol. The average molecular weight is 691 g/mol. The topological polar surface area (TPSA) is 141 Å². The van der Waals surface area contributed by atoms with Crippen molar-refractivity contribution < 1.29 is 49.9 Å². The van der Waals surface area contributed by atoms with E-state index in [-0.39, 0.29) is 53.6 Å². The van der Waals surface area contributed by atoms with Crippen LogP contribution in [0.4, 0.5) is 18.9 Å². The highest BCUT2D eigenvalue weighted by Crippen LogP contribution is 2.48. The van der Waals surface area contributed by atoms with Crippen LogP contribution in [0.3, 0.4) is 0 Å². The third kappa shape index (κ3) is 5.71. The van der Waals surface area contributed by atoms with Crippen molar-refractivity contribution in [3.8, 4) is 11.5 Å². The van der Waals surface area contributed by atoms with Gasteiger partial charge < -0.3 is 23.6 Å². The molecule has 2 saturated heterocycles. The standard InChI is InChI=1S/C31H31F3N5O8S/c1-44-21-8-9-27(45-2)24(14-21)39(13-12-37(19-40)18-28(39)46-30(41)31(32,33)34)25-17-38(16-23(25)20-6-4-3-5-7-20)48(42,43)29-22-15-36-47-26(22)10-11-35-29/h3-11,14-15,19,23,25,28H,12-13,16-18H2,1-2H3/q+1/t23-,25+,28?,39+/m1/s1. The summed E-state index contributed by atoms with van der Waals surface area (Å²) < 4.78 is 92.5. The van der Waals surface area contributed by atoms with E-state index in [9.17, 15) is 31.2 Å². The molecule has 0 bridgehead atoms. The number of ether oxygens (including phenoxy) is 3. The molecule has 6 rings (SSSR count). The number of methoxy groups -OCH3 is 2. The lowest BCUT2D eigenvalue weighted by Crippen LogP contribution is -2.73. The summed E-state index contributed by atoms with van der Waals surface area (Å²) in [4.78, 5) is 29.9. The zero-order valence-corrected chi connectivity index (χ0v) is 26.6. The number of nitrogens with zero attached hydrogens (tertiary/aromatic N) is 5. The number of hydrogen-bond acceptors (Lipinski definition) is 10. The van der Waals surface area contributed by atoms with Gasteiger partial charge in [0.15, 0.2) is 22.0 Å². The molecule has 2 aliphatic heterocycles. The van der Waals surface area contributed by atoms with Gasteiger partial charge in [-0.3, -0.25) is 4.79 Å². The minimum absolute atomic E-state index is 0.0379. The number of rotatable bonds is 9. The van der Waals surface area contributed by atoms with E-state index in [0.29, 0.717) is 17.7 Å². The molecular formula is C31H31F3N5O8S+. The number of benzene rings is 2. The molecule has 4 atom stereocenters. The Morgan fingerprint density at radius 1 is 1.06 bits per heavy atom. The minimum Gasteiger partial charge on any atom is -0.497 e. The van der Waals surface area contributed by atoms with Crippen LogP contribution in [0.2, 0.25) is 0 Å². The highest BCUT2D eigenvalue weighted by molar-refractivity contribution is 7.89. The number of sulfonamides is 1. The molecule has 254 valence electrons. The first-order valence-corrected chi connectivity index (χ1v) is 16.2. The predicted octanol–water partition coefficient (Wildman–Crippen LogP) is 3.31. The van der Waals surface area contributed by atoms with Crippen LogP contribution in [0.1, 0.15) is 11.5 Å². The number of halogens is 3. The van der Waals surface area contributed by atoms with Crippen LogP contribution in [0.5, 0.6) is 11.5 Å². The second-order valence-electron chi connectivity index (χ2n) is 11.4. The molecule has 2 aromatic carbocycles. The smallest absolute Gasteiger partial charge is 0.491 e. The van der Waals surface area contributed by atoms with Crippen LogP contribution in [0.15, 0.2) is 76.5 Å². The fraction of sp³-hybridized carbons (Fsp3) is 0.355. The summed E-state index contributed by atoms with van der Waals surface area (Å²) in [7, 11) is -1.57. The number of aromatic nitrogens is 2. The van der Waals surface area contributed by atoms with E-state index in [0.717, 1.165) is 0 Å². The number of pyridine rings is 1. The van der Waals surface area contributed by atoms with Crippen LogP contribution >= 0.6 is 0 Å². The van der Waals surface area contributed by atoms with E-state index in [1.807, 2.05) is 0 Å². The number of quaternary nitrogens is 1.